The molecule has 2 aromatic rings. The molecule has 2 aromatic carbocycles. The molecular weight excluding hydrogens is 428 g/mol. The number of nitrogens with zero attached hydrogens (tertiary/aromatic N) is 1. The van der Waals surface area contributed by atoms with E-state index in [-0.39, 0.29) is 17.9 Å². The normalized spacial score (nSPS) is 12.8. The number of aryl methyl sites for hydroxylation is 1. The molecule has 0 aliphatic rings. The SMILES string of the molecule is CC[C@@H](C)NC(=O)[C@@H](CC)N(Cc1cccc(C)c1)C(=O)CSCc1ccc(Cl)cc1. The van der Waals surface area contributed by atoms with E-state index >= 15 is 0 Å². The molecule has 0 unspecified atom stereocenters. The fraction of sp³-hybridized carbons (Fsp3) is 0.440. The standard InChI is InChI=1S/C25H33ClN2O2S/c1-5-19(4)27-25(30)23(6-2)28(15-21-9-7-8-18(3)14-21)24(29)17-31-16-20-10-12-22(26)13-11-20/h7-14,19,23H,5-6,15-17H2,1-4H3,(H,27,30)/t19-,23-/m1/s1. The third-order valence-electron chi connectivity index (χ3n) is 5.23. The van der Waals surface area contributed by atoms with Gasteiger partial charge in [0.15, 0.2) is 0 Å². The number of benzene rings is 2. The topological polar surface area (TPSA) is 49.4 Å². The molecule has 0 saturated carbocycles. The molecule has 0 saturated heterocycles. The number of nitrogens with one attached hydrogen (secondary N) is 1. The van der Waals surface area contributed by atoms with Gasteiger partial charge >= 0.3 is 0 Å². The molecular formula is C25H33ClN2O2S. The highest BCUT2D eigenvalue weighted by atomic mass is 35.5. The Balaban J connectivity index is 2.13. The minimum absolute atomic E-state index is 0.0216. The maximum Gasteiger partial charge on any atom is 0.243 e. The minimum atomic E-state index is -0.488. The largest absolute Gasteiger partial charge is 0.352 e. The van der Waals surface area contributed by atoms with E-state index in [0.717, 1.165) is 28.9 Å². The summed E-state index contributed by atoms with van der Waals surface area (Å²) in [6.45, 7) is 8.44. The van der Waals surface area contributed by atoms with Gasteiger partial charge in [0.1, 0.15) is 6.04 Å². The zero-order valence-electron chi connectivity index (χ0n) is 18.9. The van der Waals surface area contributed by atoms with Crippen LogP contribution in [0.15, 0.2) is 48.5 Å². The minimum Gasteiger partial charge on any atom is -0.352 e. The molecule has 168 valence electrons. The summed E-state index contributed by atoms with van der Waals surface area (Å²) in [6, 6.07) is 15.3. The number of carbonyl (C=O) groups is 2. The van der Waals surface area contributed by atoms with Gasteiger partial charge in [-0.3, -0.25) is 9.59 Å². The molecule has 4 nitrogen and oxygen atoms in total. The molecule has 31 heavy (non-hydrogen) atoms. The van der Waals surface area contributed by atoms with Crippen molar-refractivity contribution in [2.45, 2.75) is 64.9 Å². The fourth-order valence-electron chi connectivity index (χ4n) is 3.29. The molecule has 0 fully saturated rings. The number of thioether (sulfide) groups is 1. The number of hydrogen-bond donors (Lipinski definition) is 1. The van der Waals surface area contributed by atoms with Crippen molar-refractivity contribution in [3.63, 3.8) is 0 Å². The summed E-state index contributed by atoms with van der Waals surface area (Å²) < 4.78 is 0. The smallest absolute Gasteiger partial charge is 0.243 e. The van der Waals surface area contributed by atoms with E-state index in [1.165, 1.54) is 0 Å². The van der Waals surface area contributed by atoms with E-state index in [1.807, 2.05) is 70.2 Å². The van der Waals surface area contributed by atoms with Crippen LogP contribution in [0.5, 0.6) is 0 Å². The Bertz CT molecular complexity index is 857. The maximum atomic E-state index is 13.2. The van der Waals surface area contributed by atoms with E-state index in [9.17, 15) is 9.59 Å². The van der Waals surface area contributed by atoms with Crippen molar-refractivity contribution in [1.29, 1.82) is 0 Å². The van der Waals surface area contributed by atoms with Gasteiger partial charge in [-0.25, -0.2) is 0 Å². The Morgan fingerprint density at radius 3 is 2.39 bits per heavy atom. The summed E-state index contributed by atoms with van der Waals surface area (Å²) in [4.78, 5) is 27.9. The summed E-state index contributed by atoms with van der Waals surface area (Å²) in [7, 11) is 0. The van der Waals surface area contributed by atoms with Crippen molar-refractivity contribution in [1.82, 2.24) is 10.2 Å². The van der Waals surface area contributed by atoms with Gasteiger partial charge in [0.25, 0.3) is 0 Å². The lowest BCUT2D eigenvalue weighted by Gasteiger charge is -2.31. The van der Waals surface area contributed by atoms with E-state index < -0.39 is 6.04 Å². The third kappa shape index (κ3) is 8.23. The van der Waals surface area contributed by atoms with Crippen LogP contribution in [-0.2, 0) is 21.9 Å². The molecule has 2 atom stereocenters. The lowest BCUT2D eigenvalue weighted by Crippen LogP contribution is -2.51. The summed E-state index contributed by atoms with van der Waals surface area (Å²) >= 11 is 7.50. The van der Waals surface area contributed by atoms with E-state index in [4.69, 9.17) is 11.6 Å². The van der Waals surface area contributed by atoms with Crippen molar-refractivity contribution >= 4 is 35.2 Å². The van der Waals surface area contributed by atoms with Gasteiger partial charge in [-0.2, -0.15) is 0 Å². The first-order valence-electron chi connectivity index (χ1n) is 10.8. The van der Waals surface area contributed by atoms with Crippen LogP contribution in [0.1, 0.15) is 50.3 Å². The van der Waals surface area contributed by atoms with Crippen molar-refractivity contribution < 1.29 is 9.59 Å². The van der Waals surface area contributed by atoms with Crippen LogP contribution in [-0.4, -0.2) is 34.6 Å². The molecule has 2 rings (SSSR count). The third-order valence-corrected chi connectivity index (χ3v) is 6.47. The molecule has 0 aliphatic heterocycles. The number of carbonyl (C=O) groups excluding carboxylic acids is 2. The van der Waals surface area contributed by atoms with Crippen LogP contribution in [0.4, 0.5) is 0 Å². The predicted octanol–water partition coefficient (Wildman–Crippen LogP) is 5.60. The summed E-state index contributed by atoms with van der Waals surface area (Å²) in [5.41, 5.74) is 3.29. The van der Waals surface area contributed by atoms with E-state index in [2.05, 4.69) is 11.4 Å². The lowest BCUT2D eigenvalue weighted by molar-refractivity contribution is -0.139. The van der Waals surface area contributed by atoms with Gasteiger partial charge < -0.3 is 10.2 Å². The Kier molecular flexibility index (Phi) is 10.4. The van der Waals surface area contributed by atoms with Gasteiger partial charge in [0, 0.05) is 23.4 Å². The number of halogens is 1. The van der Waals surface area contributed by atoms with Crippen molar-refractivity contribution in [3.05, 3.63) is 70.2 Å². The van der Waals surface area contributed by atoms with Crippen LogP contribution in [0, 0.1) is 6.92 Å². The lowest BCUT2D eigenvalue weighted by atomic mass is 10.1. The van der Waals surface area contributed by atoms with Crippen LogP contribution < -0.4 is 5.32 Å². The Hall–Kier alpha value is -1.98. The molecule has 0 heterocycles. The highest BCUT2D eigenvalue weighted by Crippen LogP contribution is 2.19. The summed E-state index contributed by atoms with van der Waals surface area (Å²) in [5, 5.41) is 3.75. The first-order valence-corrected chi connectivity index (χ1v) is 12.3. The van der Waals surface area contributed by atoms with Gasteiger partial charge in [-0.1, -0.05) is 67.4 Å². The van der Waals surface area contributed by atoms with Crippen LogP contribution in [0.2, 0.25) is 5.02 Å². The second-order valence-electron chi connectivity index (χ2n) is 7.87. The predicted molar refractivity (Wildman–Crippen MR) is 131 cm³/mol. The monoisotopic (exact) mass is 460 g/mol. The van der Waals surface area contributed by atoms with Crippen LogP contribution >= 0.6 is 23.4 Å². The van der Waals surface area contributed by atoms with Crippen molar-refractivity contribution in [2.24, 2.45) is 0 Å². The van der Waals surface area contributed by atoms with Gasteiger partial charge in [-0.05, 0) is 49.9 Å². The first-order chi connectivity index (χ1) is 14.8. The number of amides is 2. The number of hydrogen-bond acceptors (Lipinski definition) is 3. The first kappa shape index (κ1) is 25.3. The van der Waals surface area contributed by atoms with Gasteiger partial charge in [-0.15, -0.1) is 11.8 Å². The quantitative estimate of drug-likeness (QED) is 0.474. The average Bonchev–Trinajstić information content (AvgIpc) is 2.74. The molecule has 6 heteroatoms. The highest BCUT2D eigenvalue weighted by Gasteiger charge is 2.29. The molecule has 0 spiro atoms. The average molecular weight is 461 g/mol. The van der Waals surface area contributed by atoms with Crippen molar-refractivity contribution in [2.75, 3.05) is 5.75 Å². The fourth-order valence-corrected chi connectivity index (χ4v) is 4.28. The summed E-state index contributed by atoms with van der Waals surface area (Å²) in [5.74, 6) is 0.936. The van der Waals surface area contributed by atoms with Crippen LogP contribution in [0.3, 0.4) is 0 Å². The molecule has 0 aliphatic carbocycles. The number of rotatable bonds is 11. The molecule has 0 aromatic heterocycles. The Labute approximate surface area is 195 Å². The Morgan fingerprint density at radius 1 is 1.06 bits per heavy atom. The van der Waals surface area contributed by atoms with E-state index in [1.54, 1.807) is 16.7 Å². The van der Waals surface area contributed by atoms with Crippen molar-refractivity contribution in [3.8, 4) is 0 Å². The highest BCUT2D eigenvalue weighted by molar-refractivity contribution is 7.99. The van der Waals surface area contributed by atoms with Crippen LogP contribution in [0.25, 0.3) is 0 Å². The van der Waals surface area contributed by atoms with Gasteiger partial charge in [0.05, 0.1) is 5.75 Å². The maximum absolute atomic E-state index is 13.2. The zero-order chi connectivity index (χ0) is 22.8. The van der Waals surface area contributed by atoms with E-state index in [0.29, 0.717) is 23.7 Å². The molecule has 0 bridgehead atoms. The second kappa shape index (κ2) is 12.8. The summed E-state index contributed by atoms with van der Waals surface area (Å²) in [6.07, 6.45) is 1.42. The Morgan fingerprint density at radius 2 is 1.77 bits per heavy atom. The van der Waals surface area contributed by atoms with Gasteiger partial charge in [0.2, 0.25) is 11.8 Å². The zero-order valence-corrected chi connectivity index (χ0v) is 20.4. The molecule has 0 radical (unpaired) electrons. The second-order valence-corrected chi connectivity index (χ2v) is 9.29. The molecule has 2 amide bonds. The molecule has 1 N–H and O–H groups in total.